The Kier molecular flexibility index (Phi) is 5.41. The van der Waals surface area contributed by atoms with Gasteiger partial charge in [-0.1, -0.05) is 32.0 Å². The number of hydrogen-bond donors (Lipinski definition) is 2. The number of ether oxygens (including phenoxy) is 2. The van der Waals surface area contributed by atoms with Gasteiger partial charge in [-0.15, -0.1) is 0 Å². The molecule has 2 amide bonds. The van der Waals surface area contributed by atoms with E-state index in [1.165, 1.54) is 0 Å². The standard InChI is InChI=1S/C20H22N2O4/c1-13(2)9-19(23)22-16-6-4-3-5-15(16)20(24)21-11-14-7-8-17-18(10-14)26-12-25-17/h3-8,10,13H,9,11-12H2,1-2H3,(H,21,24)(H,22,23). The Morgan fingerprint density at radius 1 is 1.08 bits per heavy atom. The van der Waals surface area contributed by atoms with Gasteiger partial charge in [0.1, 0.15) is 0 Å². The number of hydrogen-bond acceptors (Lipinski definition) is 4. The maximum atomic E-state index is 12.6. The smallest absolute Gasteiger partial charge is 0.253 e. The van der Waals surface area contributed by atoms with Crippen molar-refractivity contribution in [3.8, 4) is 11.5 Å². The molecule has 0 aliphatic carbocycles. The molecule has 2 aromatic rings. The number of carbonyl (C=O) groups is 2. The lowest BCUT2D eigenvalue weighted by Crippen LogP contribution is -2.25. The van der Waals surface area contributed by atoms with Crippen molar-refractivity contribution in [2.75, 3.05) is 12.1 Å². The van der Waals surface area contributed by atoms with Crippen molar-refractivity contribution in [3.63, 3.8) is 0 Å². The van der Waals surface area contributed by atoms with E-state index in [0.29, 0.717) is 35.7 Å². The van der Waals surface area contributed by atoms with Crippen molar-refractivity contribution in [2.45, 2.75) is 26.8 Å². The number of carbonyl (C=O) groups excluding carboxylic acids is 2. The normalized spacial score (nSPS) is 12.1. The third kappa shape index (κ3) is 4.33. The van der Waals surface area contributed by atoms with Crippen LogP contribution in [0.3, 0.4) is 0 Å². The first-order valence-electron chi connectivity index (χ1n) is 8.58. The van der Waals surface area contributed by atoms with E-state index in [0.717, 1.165) is 5.56 Å². The van der Waals surface area contributed by atoms with E-state index in [1.807, 2.05) is 32.0 Å². The molecule has 1 heterocycles. The third-order valence-corrected chi connectivity index (χ3v) is 3.93. The molecule has 0 fully saturated rings. The molecular formula is C20H22N2O4. The summed E-state index contributed by atoms with van der Waals surface area (Å²) in [4.78, 5) is 24.6. The van der Waals surface area contributed by atoms with Crippen molar-refractivity contribution in [1.82, 2.24) is 5.32 Å². The molecule has 0 radical (unpaired) electrons. The predicted octanol–water partition coefficient (Wildman–Crippen LogP) is 3.33. The zero-order valence-electron chi connectivity index (χ0n) is 14.9. The summed E-state index contributed by atoms with van der Waals surface area (Å²) in [5.74, 6) is 1.29. The van der Waals surface area contributed by atoms with Crippen molar-refractivity contribution < 1.29 is 19.1 Å². The number of rotatable bonds is 6. The van der Waals surface area contributed by atoms with Crippen LogP contribution in [0.1, 0.15) is 36.2 Å². The largest absolute Gasteiger partial charge is 0.454 e. The van der Waals surface area contributed by atoms with Crippen LogP contribution < -0.4 is 20.1 Å². The van der Waals surface area contributed by atoms with Gasteiger partial charge in [0.25, 0.3) is 5.91 Å². The molecule has 0 spiro atoms. The van der Waals surface area contributed by atoms with Gasteiger partial charge in [0, 0.05) is 13.0 Å². The number of para-hydroxylation sites is 1. The van der Waals surface area contributed by atoms with Gasteiger partial charge in [-0.05, 0) is 35.7 Å². The minimum Gasteiger partial charge on any atom is -0.454 e. The molecule has 136 valence electrons. The summed E-state index contributed by atoms with van der Waals surface area (Å²) >= 11 is 0. The summed E-state index contributed by atoms with van der Waals surface area (Å²) in [5, 5.41) is 5.69. The second-order valence-corrected chi connectivity index (χ2v) is 6.56. The number of amides is 2. The lowest BCUT2D eigenvalue weighted by molar-refractivity contribution is -0.116. The van der Waals surface area contributed by atoms with Gasteiger partial charge in [0.2, 0.25) is 12.7 Å². The third-order valence-electron chi connectivity index (χ3n) is 3.93. The fourth-order valence-electron chi connectivity index (χ4n) is 2.69. The molecule has 6 heteroatoms. The lowest BCUT2D eigenvalue weighted by Gasteiger charge is -2.12. The Morgan fingerprint density at radius 2 is 1.85 bits per heavy atom. The minimum absolute atomic E-state index is 0.101. The van der Waals surface area contributed by atoms with Gasteiger partial charge in [-0.25, -0.2) is 0 Å². The van der Waals surface area contributed by atoms with E-state index >= 15 is 0 Å². The zero-order chi connectivity index (χ0) is 18.5. The first kappa shape index (κ1) is 17.8. The van der Waals surface area contributed by atoms with Crippen LogP contribution in [-0.4, -0.2) is 18.6 Å². The fourth-order valence-corrected chi connectivity index (χ4v) is 2.69. The first-order valence-corrected chi connectivity index (χ1v) is 8.58. The molecule has 3 rings (SSSR count). The van der Waals surface area contributed by atoms with Crippen LogP contribution in [0, 0.1) is 5.92 Å². The van der Waals surface area contributed by atoms with E-state index in [4.69, 9.17) is 9.47 Å². The van der Waals surface area contributed by atoms with Crippen LogP contribution in [0.4, 0.5) is 5.69 Å². The van der Waals surface area contributed by atoms with Crippen molar-refractivity contribution >= 4 is 17.5 Å². The van der Waals surface area contributed by atoms with Crippen LogP contribution in [0.2, 0.25) is 0 Å². The van der Waals surface area contributed by atoms with E-state index in [-0.39, 0.29) is 24.5 Å². The second-order valence-electron chi connectivity index (χ2n) is 6.56. The molecule has 1 aliphatic rings. The van der Waals surface area contributed by atoms with Gasteiger partial charge in [0.05, 0.1) is 11.3 Å². The van der Waals surface area contributed by atoms with Gasteiger partial charge in [-0.2, -0.15) is 0 Å². The summed E-state index contributed by atoms with van der Waals surface area (Å²) < 4.78 is 10.6. The monoisotopic (exact) mass is 354 g/mol. The Morgan fingerprint density at radius 3 is 2.65 bits per heavy atom. The molecule has 0 aromatic heterocycles. The quantitative estimate of drug-likeness (QED) is 0.834. The Bertz CT molecular complexity index is 817. The van der Waals surface area contributed by atoms with E-state index < -0.39 is 0 Å². The maximum Gasteiger partial charge on any atom is 0.253 e. The zero-order valence-corrected chi connectivity index (χ0v) is 14.9. The highest BCUT2D eigenvalue weighted by atomic mass is 16.7. The average Bonchev–Trinajstić information content (AvgIpc) is 3.07. The highest BCUT2D eigenvalue weighted by molar-refractivity contribution is 6.03. The Labute approximate surface area is 152 Å². The summed E-state index contributed by atoms with van der Waals surface area (Å²) in [5.41, 5.74) is 1.86. The molecule has 26 heavy (non-hydrogen) atoms. The summed E-state index contributed by atoms with van der Waals surface area (Å²) in [6.07, 6.45) is 0.410. The molecular weight excluding hydrogens is 332 g/mol. The maximum absolute atomic E-state index is 12.6. The summed E-state index contributed by atoms with van der Waals surface area (Å²) in [6.45, 7) is 4.52. The van der Waals surface area contributed by atoms with Crippen LogP contribution in [0.15, 0.2) is 42.5 Å². The van der Waals surface area contributed by atoms with Crippen LogP contribution >= 0.6 is 0 Å². The molecule has 1 aliphatic heterocycles. The van der Waals surface area contributed by atoms with E-state index in [2.05, 4.69) is 10.6 Å². The number of nitrogens with one attached hydrogen (secondary N) is 2. The molecule has 0 saturated heterocycles. The topological polar surface area (TPSA) is 76.7 Å². The van der Waals surface area contributed by atoms with Crippen LogP contribution in [0.5, 0.6) is 11.5 Å². The molecule has 6 nitrogen and oxygen atoms in total. The lowest BCUT2D eigenvalue weighted by atomic mass is 10.1. The Balaban J connectivity index is 1.65. The average molecular weight is 354 g/mol. The Hall–Kier alpha value is -3.02. The predicted molar refractivity (Wildman–Crippen MR) is 98.3 cm³/mol. The van der Waals surface area contributed by atoms with Gasteiger partial charge >= 0.3 is 0 Å². The number of anilines is 1. The molecule has 2 aromatic carbocycles. The molecule has 0 atom stereocenters. The second kappa shape index (κ2) is 7.91. The van der Waals surface area contributed by atoms with Crippen LogP contribution in [-0.2, 0) is 11.3 Å². The van der Waals surface area contributed by atoms with Crippen molar-refractivity contribution in [3.05, 3.63) is 53.6 Å². The van der Waals surface area contributed by atoms with Gasteiger partial charge < -0.3 is 20.1 Å². The summed E-state index contributed by atoms with van der Waals surface area (Å²) in [6, 6.07) is 12.5. The first-order chi connectivity index (χ1) is 12.5. The molecule has 0 bridgehead atoms. The molecule has 2 N–H and O–H groups in total. The SMILES string of the molecule is CC(C)CC(=O)Nc1ccccc1C(=O)NCc1ccc2c(c1)OCO2. The van der Waals surface area contributed by atoms with E-state index in [1.54, 1.807) is 24.3 Å². The van der Waals surface area contributed by atoms with Crippen LogP contribution in [0.25, 0.3) is 0 Å². The van der Waals surface area contributed by atoms with E-state index in [9.17, 15) is 9.59 Å². The van der Waals surface area contributed by atoms with Crippen molar-refractivity contribution in [1.29, 1.82) is 0 Å². The summed E-state index contributed by atoms with van der Waals surface area (Å²) in [7, 11) is 0. The fraction of sp³-hybridized carbons (Fsp3) is 0.300. The molecule has 0 saturated carbocycles. The number of benzene rings is 2. The van der Waals surface area contributed by atoms with Crippen molar-refractivity contribution in [2.24, 2.45) is 5.92 Å². The highest BCUT2D eigenvalue weighted by Gasteiger charge is 2.16. The number of fused-ring (bicyclic) bond motifs is 1. The highest BCUT2D eigenvalue weighted by Crippen LogP contribution is 2.32. The van der Waals surface area contributed by atoms with Gasteiger partial charge in [-0.3, -0.25) is 9.59 Å². The molecule has 0 unspecified atom stereocenters. The minimum atomic E-state index is -0.247. The van der Waals surface area contributed by atoms with Gasteiger partial charge in [0.15, 0.2) is 11.5 Å².